The molecule has 0 amide bonds. The van der Waals surface area contributed by atoms with Crippen LogP contribution in [0, 0.1) is 18.3 Å². The van der Waals surface area contributed by atoms with Gasteiger partial charge in [-0.15, -0.1) is 0 Å². The third kappa shape index (κ3) is 2.64. The van der Waals surface area contributed by atoms with Gasteiger partial charge >= 0.3 is 0 Å². The van der Waals surface area contributed by atoms with E-state index in [1.807, 2.05) is 0 Å². The first-order valence-corrected chi connectivity index (χ1v) is 6.43. The van der Waals surface area contributed by atoms with Crippen LogP contribution in [0.15, 0.2) is 10.7 Å². The molecule has 0 saturated heterocycles. The fourth-order valence-electron chi connectivity index (χ4n) is 2.14. The third-order valence-electron chi connectivity index (χ3n) is 3.23. The maximum atomic E-state index is 12.9. The second-order valence-corrected chi connectivity index (χ2v) is 4.71. The molecule has 0 saturated carbocycles. The minimum atomic E-state index is -2.80. The number of halogens is 2. The largest absolute Gasteiger partial charge is 0.396 e. The van der Waals surface area contributed by atoms with Crippen LogP contribution in [0.3, 0.4) is 0 Å². The van der Waals surface area contributed by atoms with Crippen molar-refractivity contribution in [1.82, 2.24) is 25.3 Å². The molecule has 0 aliphatic heterocycles. The summed E-state index contributed by atoms with van der Waals surface area (Å²) in [6.45, 7) is 1.68. The fourth-order valence-corrected chi connectivity index (χ4v) is 2.14. The fraction of sp³-hybridized carbons (Fsp3) is 0.231. The normalized spacial score (nSPS) is 11.1. The van der Waals surface area contributed by atoms with Crippen LogP contribution in [0.1, 0.15) is 34.9 Å². The van der Waals surface area contributed by atoms with Crippen molar-refractivity contribution in [1.29, 1.82) is 5.26 Å². The molecule has 116 valence electrons. The zero-order valence-electron chi connectivity index (χ0n) is 11.8. The second-order valence-electron chi connectivity index (χ2n) is 4.71. The van der Waals surface area contributed by atoms with Crippen molar-refractivity contribution < 1.29 is 13.4 Å². The summed E-state index contributed by atoms with van der Waals surface area (Å²) in [5.74, 6) is 0.0479. The maximum Gasteiger partial charge on any atom is 0.280 e. The monoisotopic (exact) mass is 317 g/mol. The molecule has 0 atom stereocenters. The van der Waals surface area contributed by atoms with Crippen molar-refractivity contribution in [3.63, 3.8) is 0 Å². The van der Waals surface area contributed by atoms with Gasteiger partial charge in [0.2, 0.25) is 5.65 Å². The van der Waals surface area contributed by atoms with Crippen LogP contribution in [-0.4, -0.2) is 25.3 Å². The molecule has 23 heavy (non-hydrogen) atoms. The lowest BCUT2D eigenvalue weighted by Crippen LogP contribution is -2.07. The molecule has 3 aromatic heterocycles. The highest BCUT2D eigenvalue weighted by atomic mass is 19.3. The zero-order valence-corrected chi connectivity index (χ0v) is 11.8. The first-order chi connectivity index (χ1) is 11.0. The number of aryl methyl sites for hydroxylation is 1. The summed E-state index contributed by atoms with van der Waals surface area (Å²) in [5, 5.41) is 16.2. The summed E-state index contributed by atoms with van der Waals surface area (Å²) in [5.41, 5.74) is 7.19. The topological polar surface area (TPSA) is 127 Å². The molecule has 0 aliphatic rings. The third-order valence-corrected chi connectivity index (χ3v) is 3.23. The molecular weight excluding hydrogens is 308 g/mol. The predicted octanol–water partition coefficient (Wildman–Crippen LogP) is 1.70. The number of hydrogen-bond donors (Lipinski definition) is 1. The minimum Gasteiger partial charge on any atom is -0.396 e. The Kier molecular flexibility index (Phi) is 3.53. The molecule has 3 heterocycles. The lowest BCUT2D eigenvalue weighted by Gasteiger charge is -2.09. The smallest absolute Gasteiger partial charge is 0.280 e. The number of aromatic nitrogens is 5. The van der Waals surface area contributed by atoms with E-state index in [0.717, 1.165) is 6.07 Å². The molecule has 0 spiro atoms. The molecule has 3 rings (SSSR count). The van der Waals surface area contributed by atoms with Crippen molar-refractivity contribution in [3.05, 3.63) is 34.5 Å². The Balaban J connectivity index is 2.09. The summed E-state index contributed by atoms with van der Waals surface area (Å²) in [6.07, 6.45) is -2.77. The van der Waals surface area contributed by atoms with Gasteiger partial charge in [-0.3, -0.25) is 0 Å². The van der Waals surface area contributed by atoms with E-state index in [2.05, 4.69) is 29.9 Å². The molecule has 0 radical (unpaired) electrons. The summed E-state index contributed by atoms with van der Waals surface area (Å²) in [7, 11) is 0. The van der Waals surface area contributed by atoms with Crippen LogP contribution in [0.25, 0.3) is 11.2 Å². The molecule has 0 aliphatic carbocycles. The van der Waals surface area contributed by atoms with Crippen molar-refractivity contribution >= 4 is 16.9 Å². The number of anilines is 1. The van der Waals surface area contributed by atoms with Gasteiger partial charge in [-0.05, 0) is 17.2 Å². The average Bonchev–Trinajstić information content (AvgIpc) is 2.99. The average molecular weight is 317 g/mol. The van der Waals surface area contributed by atoms with Crippen LogP contribution < -0.4 is 5.73 Å². The van der Waals surface area contributed by atoms with Crippen molar-refractivity contribution in [3.8, 4) is 6.07 Å². The molecule has 0 bridgehead atoms. The van der Waals surface area contributed by atoms with Gasteiger partial charge in [0.1, 0.15) is 23.3 Å². The van der Waals surface area contributed by atoms with Gasteiger partial charge in [-0.1, -0.05) is 0 Å². The lowest BCUT2D eigenvalue weighted by molar-refractivity contribution is 0.145. The van der Waals surface area contributed by atoms with Crippen LogP contribution in [-0.2, 0) is 6.42 Å². The van der Waals surface area contributed by atoms with Crippen molar-refractivity contribution in [2.75, 3.05) is 5.73 Å². The summed E-state index contributed by atoms with van der Waals surface area (Å²) >= 11 is 0. The van der Waals surface area contributed by atoms with Crippen LogP contribution in [0.4, 0.5) is 14.5 Å². The van der Waals surface area contributed by atoms with E-state index in [9.17, 15) is 8.78 Å². The second kappa shape index (κ2) is 5.53. The van der Waals surface area contributed by atoms with E-state index in [0.29, 0.717) is 11.3 Å². The zero-order chi connectivity index (χ0) is 16.6. The Morgan fingerprint density at radius 2 is 2.09 bits per heavy atom. The minimum absolute atomic E-state index is 0.0305. The molecule has 3 aromatic rings. The highest BCUT2D eigenvalue weighted by Gasteiger charge is 2.18. The van der Waals surface area contributed by atoms with E-state index < -0.39 is 12.1 Å². The number of nitrogens with zero attached hydrogens (tertiary/aromatic N) is 6. The van der Waals surface area contributed by atoms with Crippen molar-refractivity contribution in [2.24, 2.45) is 0 Å². The molecular formula is C13H9F2N7O. The lowest BCUT2D eigenvalue weighted by atomic mass is 10.1. The quantitative estimate of drug-likeness (QED) is 0.773. The highest BCUT2D eigenvalue weighted by Crippen LogP contribution is 2.25. The summed E-state index contributed by atoms with van der Waals surface area (Å²) < 4.78 is 30.3. The Morgan fingerprint density at radius 1 is 1.30 bits per heavy atom. The van der Waals surface area contributed by atoms with Crippen LogP contribution in [0.2, 0.25) is 0 Å². The molecule has 8 nitrogen and oxygen atoms in total. The number of alkyl halides is 2. The van der Waals surface area contributed by atoms with Gasteiger partial charge in [-0.2, -0.15) is 5.26 Å². The van der Waals surface area contributed by atoms with E-state index in [-0.39, 0.29) is 34.8 Å². The van der Waals surface area contributed by atoms with Gasteiger partial charge in [0.15, 0.2) is 5.52 Å². The molecule has 0 aromatic carbocycles. The Morgan fingerprint density at radius 3 is 2.78 bits per heavy atom. The van der Waals surface area contributed by atoms with Gasteiger partial charge in [0.05, 0.1) is 5.69 Å². The van der Waals surface area contributed by atoms with Crippen molar-refractivity contribution in [2.45, 2.75) is 19.8 Å². The van der Waals surface area contributed by atoms with Gasteiger partial charge in [-0.25, -0.2) is 28.4 Å². The number of fused-ring (bicyclic) bond motifs is 1. The molecule has 2 N–H and O–H groups in total. The highest BCUT2D eigenvalue weighted by molar-refractivity contribution is 5.85. The van der Waals surface area contributed by atoms with E-state index in [1.54, 1.807) is 13.0 Å². The molecule has 0 fully saturated rings. The van der Waals surface area contributed by atoms with E-state index in [1.165, 1.54) is 0 Å². The van der Waals surface area contributed by atoms with Crippen LogP contribution in [0.5, 0.6) is 0 Å². The standard InChI is InChI=1S/C13H9F2N7O/c1-5-7(10(17)11-13(18-5)22-23-21-11)3-9-19-6(4-16)2-8(20-9)12(14)15/h2,12H,3,17H2,1H3. The number of nitriles is 1. The summed E-state index contributed by atoms with van der Waals surface area (Å²) in [4.78, 5) is 11.9. The number of hydrogen-bond acceptors (Lipinski definition) is 8. The van der Waals surface area contributed by atoms with Gasteiger partial charge in [0.25, 0.3) is 6.43 Å². The predicted molar refractivity (Wildman–Crippen MR) is 73.3 cm³/mol. The maximum absolute atomic E-state index is 12.9. The number of nitrogens with two attached hydrogens (primary N) is 1. The Bertz CT molecular complexity index is 932. The van der Waals surface area contributed by atoms with Gasteiger partial charge in [0, 0.05) is 23.7 Å². The number of nitrogen functional groups attached to an aromatic ring is 1. The summed E-state index contributed by atoms with van der Waals surface area (Å²) in [6, 6.07) is 2.69. The first kappa shape index (κ1) is 14.7. The number of pyridine rings is 1. The SMILES string of the molecule is Cc1nc2nonc2c(N)c1Cc1nc(C#N)cc(C(F)F)n1. The van der Waals surface area contributed by atoms with Crippen LogP contribution >= 0.6 is 0 Å². The Labute approximate surface area is 127 Å². The molecule has 10 heteroatoms. The van der Waals surface area contributed by atoms with E-state index >= 15 is 0 Å². The van der Waals surface area contributed by atoms with E-state index in [4.69, 9.17) is 11.0 Å². The molecule has 0 unspecified atom stereocenters. The first-order valence-electron chi connectivity index (χ1n) is 6.43. The van der Waals surface area contributed by atoms with Gasteiger partial charge < -0.3 is 5.73 Å². The Hall–Kier alpha value is -3.22. The number of rotatable bonds is 3.